The van der Waals surface area contributed by atoms with E-state index in [1.807, 2.05) is 17.0 Å². The van der Waals surface area contributed by atoms with Crippen LogP contribution >= 0.6 is 15.9 Å². The molecule has 3 rings (SSSR count). The lowest BCUT2D eigenvalue weighted by Gasteiger charge is -2.22. The maximum absolute atomic E-state index is 12.3. The second kappa shape index (κ2) is 6.52. The lowest BCUT2D eigenvalue weighted by Crippen LogP contribution is -2.31. The van der Waals surface area contributed by atoms with Gasteiger partial charge in [0, 0.05) is 24.0 Å². The van der Waals surface area contributed by atoms with Gasteiger partial charge in [0.15, 0.2) is 11.5 Å². The van der Waals surface area contributed by atoms with E-state index in [9.17, 15) is 4.79 Å². The standard InChI is InChI=1S/C16H18BrNO3/c17-13-9-15-14(20-11-21-15)8-12(13)10-18-7-5-3-1-2-4-6-16(18)19/h1,3,8-9H,2,4-7,10-11H2/b3-1-. The molecule has 21 heavy (non-hydrogen) atoms. The average molecular weight is 352 g/mol. The predicted octanol–water partition coefficient (Wildman–Crippen LogP) is 3.64. The predicted molar refractivity (Wildman–Crippen MR) is 83.3 cm³/mol. The first-order valence-electron chi connectivity index (χ1n) is 7.25. The van der Waals surface area contributed by atoms with E-state index in [4.69, 9.17) is 9.47 Å². The minimum Gasteiger partial charge on any atom is -0.454 e. The Balaban J connectivity index is 1.77. The van der Waals surface area contributed by atoms with Gasteiger partial charge in [0.2, 0.25) is 12.7 Å². The van der Waals surface area contributed by atoms with Crippen LogP contribution in [0.1, 0.15) is 31.2 Å². The van der Waals surface area contributed by atoms with E-state index >= 15 is 0 Å². The third kappa shape index (κ3) is 3.40. The fourth-order valence-electron chi connectivity index (χ4n) is 2.57. The van der Waals surface area contributed by atoms with Gasteiger partial charge in [-0.25, -0.2) is 0 Å². The molecule has 0 aliphatic carbocycles. The highest BCUT2D eigenvalue weighted by Crippen LogP contribution is 2.37. The smallest absolute Gasteiger partial charge is 0.231 e. The summed E-state index contributed by atoms with van der Waals surface area (Å²) in [6.45, 7) is 1.62. The summed E-state index contributed by atoms with van der Waals surface area (Å²) in [6, 6.07) is 3.88. The molecule has 0 spiro atoms. The van der Waals surface area contributed by atoms with Crippen molar-refractivity contribution in [3.63, 3.8) is 0 Å². The van der Waals surface area contributed by atoms with E-state index < -0.39 is 0 Å². The Bertz CT molecular complexity index is 571. The van der Waals surface area contributed by atoms with E-state index in [0.717, 1.165) is 47.3 Å². The molecule has 5 heteroatoms. The molecule has 0 unspecified atom stereocenters. The quantitative estimate of drug-likeness (QED) is 0.763. The molecule has 2 aliphatic rings. The van der Waals surface area contributed by atoms with Crippen LogP contribution < -0.4 is 9.47 Å². The van der Waals surface area contributed by atoms with Crippen LogP contribution in [-0.4, -0.2) is 24.1 Å². The summed E-state index contributed by atoms with van der Waals surface area (Å²) in [4.78, 5) is 14.2. The molecule has 4 nitrogen and oxygen atoms in total. The van der Waals surface area contributed by atoms with Crippen molar-refractivity contribution >= 4 is 21.8 Å². The Morgan fingerprint density at radius 2 is 1.90 bits per heavy atom. The van der Waals surface area contributed by atoms with Gasteiger partial charge in [0.1, 0.15) is 0 Å². The number of hydrogen-bond acceptors (Lipinski definition) is 3. The largest absolute Gasteiger partial charge is 0.454 e. The molecule has 0 atom stereocenters. The van der Waals surface area contributed by atoms with Crippen molar-refractivity contribution in [1.29, 1.82) is 0 Å². The number of hydrogen-bond donors (Lipinski definition) is 0. The lowest BCUT2D eigenvalue weighted by molar-refractivity contribution is -0.131. The molecule has 0 saturated heterocycles. The Morgan fingerprint density at radius 1 is 1.14 bits per heavy atom. The molecule has 2 aliphatic heterocycles. The Labute approximate surface area is 132 Å². The highest BCUT2D eigenvalue weighted by Gasteiger charge is 2.20. The fourth-order valence-corrected chi connectivity index (χ4v) is 3.02. The van der Waals surface area contributed by atoms with Gasteiger partial charge in [-0.05, 0) is 37.0 Å². The maximum Gasteiger partial charge on any atom is 0.231 e. The van der Waals surface area contributed by atoms with Crippen molar-refractivity contribution in [2.45, 2.75) is 32.2 Å². The highest BCUT2D eigenvalue weighted by atomic mass is 79.9. The van der Waals surface area contributed by atoms with Gasteiger partial charge >= 0.3 is 0 Å². The minimum atomic E-state index is 0.225. The Morgan fingerprint density at radius 3 is 2.76 bits per heavy atom. The van der Waals surface area contributed by atoms with Crippen LogP contribution in [0.5, 0.6) is 11.5 Å². The second-order valence-electron chi connectivity index (χ2n) is 5.26. The Kier molecular flexibility index (Phi) is 4.48. The maximum atomic E-state index is 12.3. The van der Waals surface area contributed by atoms with E-state index in [-0.39, 0.29) is 12.7 Å². The van der Waals surface area contributed by atoms with Gasteiger partial charge < -0.3 is 14.4 Å². The van der Waals surface area contributed by atoms with Gasteiger partial charge in [-0.15, -0.1) is 0 Å². The van der Waals surface area contributed by atoms with Gasteiger partial charge in [-0.1, -0.05) is 28.1 Å². The topological polar surface area (TPSA) is 38.8 Å². The fraction of sp³-hybridized carbons (Fsp3) is 0.438. The van der Waals surface area contributed by atoms with Crippen molar-refractivity contribution < 1.29 is 14.3 Å². The van der Waals surface area contributed by atoms with Gasteiger partial charge in [-0.3, -0.25) is 4.79 Å². The summed E-state index contributed by atoms with van der Waals surface area (Å²) in [5.41, 5.74) is 1.05. The van der Waals surface area contributed by atoms with Crippen molar-refractivity contribution in [1.82, 2.24) is 4.90 Å². The summed E-state index contributed by atoms with van der Waals surface area (Å²) in [5.74, 6) is 1.73. The Hall–Kier alpha value is -1.49. The molecule has 112 valence electrons. The SMILES string of the molecule is O=C1CCC/C=C\CCN1Cc1cc2c(cc1Br)OCO2. The van der Waals surface area contributed by atoms with Crippen LogP contribution in [-0.2, 0) is 11.3 Å². The third-order valence-corrected chi connectivity index (χ3v) is 4.49. The average Bonchev–Trinajstić information content (AvgIpc) is 2.93. The summed E-state index contributed by atoms with van der Waals surface area (Å²) in [7, 11) is 0. The first kappa shape index (κ1) is 14.4. The van der Waals surface area contributed by atoms with Crippen LogP contribution in [0.25, 0.3) is 0 Å². The zero-order valence-electron chi connectivity index (χ0n) is 11.8. The molecule has 0 aromatic heterocycles. The first-order chi connectivity index (χ1) is 10.2. The molecule has 0 saturated carbocycles. The molecule has 0 fully saturated rings. The van der Waals surface area contributed by atoms with Crippen LogP contribution in [0.4, 0.5) is 0 Å². The number of rotatable bonds is 2. The van der Waals surface area contributed by atoms with Gasteiger partial charge in [0.05, 0.1) is 0 Å². The number of amides is 1. The third-order valence-electron chi connectivity index (χ3n) is 3.75. The number of ether oxygens (including phenoxy) is 2. The number of benzene rings is 1. The number of nitrogens with zero attached hydrogens (tertiary/aromatic N) is 1. The van der Waals surface area contributed by atoms with E-state index in [1.54, 1.807) is 0 Å². The van der Waals surface area contributed by atoms with Gasteiger partial charge in [-0.2, -0.15) is 0 Å². The number of carbonyl (C=O) groups excluding carboxylic acids is 1. The number of fused-ring (bicyclic) bond motifs is 1. The zero-order chi connectivity index (χ0) is 14.7. The van der Waals surface area contributed by atoms with Gasteiger partial charge in [0.25, 0.3) is 0 Å². The molecule has 0 radical (unpaired) electrons. The van der Waals surface area contributed by atoms with Crippen LogP contribution in [0.3, 0.4) is 0 Å². The second-order valence-corrected chi connectivity index (χ2v) is 6.12. The highest BCUT2D eigenvalue weighted by molar-refractivity contribution is 9.10. The monoisotopic (exact) mass is 351 g/mol. The van der Waals surface area contributed by atoms with E-state index in [2.05, 4.69) is 28.1 Å². The lowest BCUT2D eigenvalue weighted by atomic mass is 10.1. The van der Waals surface area contributed by atoms with E-state index in [0.29, 0.717) is 13.0 Å². The molecular weight excluding hydrogens is 334 g/mol. The summed E-state index contributed by atoms with van der Waals surface area (Å²) in [5, 5.41) is 0. The molecular formula is C16H18BrNO3. The minimum absolute atomic E-state index is 0.225. The van der Waals surface area contributed by atoms with Crippen LogP contribution in [0.15, 0.2) is 28.8 Å². The molecule has 1 amide bonds. The van der Waals surface area contributed by atoms with Crippen LogP contribution in [0.2, 0.25) is 0 Å². The molecule has 0 N–H and O–H groups in total. The number of allylic oxidation sites excluding steroid dienone is 1. The summed E-state index contributed by atoms with van der Waals surface area (Å²) >= 11 is 3.56. The normalized spacial score (nSPS) is 19.9. The van der Waals surface area contributed by atoms with Crippen molar-refractivity contribution in [2.24, 2.45) is 0 Å². The first-order valence-corrected chi connectivity index (χ1v) is 8.04. The number of carbonyl (C=O) groups is 1. The molecule has 1 aromatic carbocycles. The van der Waals surface area contributed by atoms with Crippen molar-refractivity contribution in [3.8, 4) is 11.5 Å². The number of halogens is 1. The van der Waals surface area contributed by atoms with Crippen LogP contribution in [0, 0.1) is 0 Å². The summed E-state index contributed by atoms with van der Waals surface area (Å²) in [6.07, 6.45) is 7.79. The van der Waals surface area contributed by atoms with Crippen molar-refractivity contribution in [2.75, 3.05) is 13.3 Å². The zero-order valence-corrected chi connectivity index (χ0v) is 13.4. The molecule has 2 heterocycles. The summed E-state index contributed by atoms with van der Waals surface area (Å²) < 4.78 is 11.7. The molecule has 1 aromatic rings. The molecule has 0 bridgehead atoms. The van der Waals surface area contributed by atoms with Crippen molar-refractivity contribution in [3.05, 3.63) is 34.3 Å². The van der Waals surface area contributed by atoms with E-state index in [1.165, 1.54) is 0 Å².